The Bertz CT molecular complexity index is 357. The van der Waals surface area contributed by atoms with Crippen LogP contribution >= 0.6 is 11.6 Å². The van der Waals surface area contributed by atoms with E-state index in [4.69, 9.17) is 16.3 Å². The molecule has 1 aromatic rings. The maximum Gasteiger partial charge on any atom is 0.126 e. The van der Waals surface area contributed by atoms with Crippen LogP contribution in [0.1, 0.15) is 11.1 Å². The van der Waals surface area contributed by atoms with Crippen LogP contribution in [0.25, 0.3) is 0 Å². The van der Waals surface area contributed by atoms with Crippen molar-refractivity contribution in [3.63, 3.8) is 0 Å². The van der Waals surface area contributed by atoms with Crippen molar-refractivity contribution >= 4 is 11.6 Å². The Morgan fingerprint density at radius 1 is 1.44 bits per heavy atom. The van der Waals surface area contributed by atoms with Crippen LogP contribution in [-0.4, -0.2) is 32.3 Å². The summed E-state index contributed by atoms with van der Waals surface area (Å²) >= 11 is 6.05. The molecule has 0 aromatic heterocycles. The van der Waals surface area contributed by atoms with Crippen molar-refractivity contribution in [1.82, 2.24) is 4.90 Å². The highest BCUT2D eigenvalue weighted by Crippen LogP contribution is 2.20. The highest BCUT2D eigenvalue weighted by Gasteiger charge is 2.06. The Morgan fingerprint density at radius 3 is 2.75 bits per heavy atom. The van der Waals surface area contributed by atoms with Crippen molar-refractivity contribution in [3.8, 4) is 0 Å². The molecule has 0 atom stereocenters. The molecule has 1 aromatic carbocycles. The van der Waals surface area contributed by atoms with E-state index in [2.05, 4.69) is 0 Å². The van der Waals surface area contributed by atoms with Gasteiger partial charge in [-0.05, 0) is 43.7 Å². The van der Waals surface area contributed by atoms with Gasteiger partial charge in [-0.1, -0.05) is 11.6 Å². The van der Waals surface area contributed by atoms with Crippen molar-refractivity contribution in [2.24, 2.45) is 0 Å². The second-order valence-corrected chi connectivity index (χ2v) is 4.35. The van der Waals surface area contributed by atoms with Crippen LogP contribution in [0.15, 0.2) is 12.1 Å². The topological polar surface area (TPSA) is 12.5 Å². The van der Waals surface area contributed by atoms with E-state index < -0.39 is 0 Å². The summed E-state index contributed by atoms with van der Waals surface area (Å²) in [6.45, 7) is 3.06. The average molecular weight is 246 g/mol. The number of hydrogen-bond acceptors (Lipinski definition) is 2. The van der Waals surface area contributed by atoms with Crippen molar-refractivity contribution in [1.29, 1.82) is 0 Å². The van der Waals surface area contributed by atoms with Crippen molar-refractivity contribution < 1.29 is 9.13 Å². The average Bonchev–Trinajstić information content (AvgIpc) is 2.22. The van der Waals surface area contributed by atoms with Crippen molar-refractivity contribution in [3.05, 3.63) is 34.1 Å². The molecule has 0 amide bonds. The van der Waals surface area contributed by atoms with E-state index >= 15 is 0 Å². The van der Waals surface area contributed by atoms with Gasteiger partial charge in [-0.15, -0.1) is 0 Å². The predicted molar refractivity (Wildman–Crippen MR) is 64.4 cm³/mol. The van der Waals surface area contributed by atoms with Crippen LogP contribution in [0.4, 0.5) is 4.39 Å². The first kappa shape index (κ1) is 13.4. The van der Waals surface area contributed by atoms with Gasteiger partial charge >= 0.3 is 0 Å². The van der Waals surface area contributed by atoms with Crippen LogP contribution in [0.3, 0.4) is 0 Å². The lowest BCUT2D eigenvalue weighted by Crippen LogP contribution is -2.23. The smallest absolute Gasteiger partial charge is 0.126 e. The SMILES string of the molecule is COCN(C)CCc1cc(F)c(C)cc1Cl. The van der Waals surface area contributed by atoms with Gasteiger partial charge in [0.15, 0.2) is 0 Å². The van der Waals surface area contributed by atoms with E-state index in [9.17, 15) is 4.39 Å². The fourth-order valence-corrected chi connectivity index (χ4v) is 1.79. The van der Waals surface area contributed by atoms with Gasteiger partial charge in [0.1, 0.15) is 5.82 Å². The number of methoxy groups -OCH3 is 1. The molecule has 0 aliphatic carbocycles. The molecule has 0 aliphatic heterocycles. The number of likely N-dealkylation sites (N-methyl/N-ethyl adjacent to an activating group) is 1. The van der Waals surface area contributed by atoms with Crippen LogP contribution in [0.5, 0.6) is 0 Å². The van der Waals surface area contributed by atoms with Crippen molar-refractivity contribution in [2.75, 3.05) is 27.4 Å². The third kappa shape index (κ3) is 3.74. The van der Waals surface area contributed by atoms with E-state index in [-0.39, 0.29) is 5.82 Å². The van der Waals surface area contributed by atoms with E-state index in [1.807, 2.05) is 11.9 Å². The first-order valence-electron chi connectivity index (χ1n) is 5.16. The monoisotopic (exact) mass is 245 g/mol. The number of rotatable bonds is 5. The number of hydrogen-bond donors (Lipinski definition) is 0. The van der Waals surface area contributed by atoms with Crippen LogP contribution in [0, 0.1) is 12.7 Å². The third-order valence-corrected chi connectivity index (χ3v) is 2.79. The quantitative estimate of drug-likeness (QED) is 0.740. The molecule has 16 heavy (non-hydrogen) atoms. The molecule has 0 fully saturated rings. The molecule has 0 saturated heterocycles. The van der Waals surface area contributed by atoms with E-state index in [1.54, 1.807) is 20.1 Å². The maximum atomic E-state index is 13.3. The zero-order valence-electron chi connectivity index (χ0n) is 9.89. The molecule has 90 valence electrons. The molecule has 0 bridgehead atoms. The van der Waals surface area contributed by atoms with Gasteiger partial charge in [-0.3, -0.25) is 4.90 Å². The van der Waals surface area contributed by atoms with Gasteiger partial charge in [0.25, 0.3) is 0 Å². The Labute approximate surface area is 101 Å². The van der Waals surface area contributed by atoms with Crippen molar-refractivity contribution in [2.45, 2.75) is 13.3 Å². The largest absolute Gasteiger partial charge is 0.369 e. The second kappa shape index (κ2) is 6.18. The van der Waals surface area contributed by atoms with Gasteiger partial charge in [0, 0.05) is 18.7 Å². The molecule has 0 unspecified atom stereocenters. The highest BCUT2D eigenvalue weighted by molar-refractivity contribution is 6.31. The minimum Gasteiger partial charge on any atom is -0.369 e. The van der Waals surface area contributed by atoms with Gasteiger partial charge < -0.3 is 4.74 Å². The summed E-state index contributed by atoms with van der Waals surface area (Å²) in [6, 6.07) is 3.18. The van der Waals surface area contributed by atoms with Crippen LogP contribution in [0.2, 0.25) is 5.02 Å². The molecule has 0 saturated carbocycles. The number of aryl methyl sites for hydroxylation is 1. The summed E-state index contributed by atoms with van der Waals surface area (Å²) in [4.78, 5) is 2.01. The van der Waals surface area contributed by atoms with E-state index in [1.165, 1.54) is 6.07 Å². The molecule has 0 N–H and O–H groups in total. The molecule has 1 rings (SSSR count). The molecular weight excluding hydrogens is 229 g/mol. The molecular formula is C12H17ClFNO. The predicted octanol–water partition coefficient (Wildman–Crippen LogP) is 2.87. The van der Waals surface area contributed by atoms with Crippen LogP contribution in [-0.2, 0) is 11.2 Å². The van der Waals surface area contributed by atoms with Gasteiger partial charge in [-0.25, -0.2) is 4.39 Å². The number of halogens is 2. The molecule has 0 spiro atoms. The zero-order valence-corrected chi connectivity index (χ0v) is 10.6. The summed E-state index contributed by atoms with van der Waals surface area (Å²) in [7, 11) is 3.59. The van der Waals surface area contributed by atoms with E-state index in [0.717, 1.165) is 18.5 Å². The number of benzene rings is 1. The zero-order chi connectivity index (χ0) is 12.1. The Morgan fingerprint density at radius 2 is 2.12 bits per heavy atom. The fraction of sp³-hybridized carbons (Fsp3) is 0.500. The standard InChI is InChI=1S/C12H17ClFNO/c1-9-6-11(13)10(7-12(9)14)4-5-15(2)8-16-3/h6-7H,4-5,8H2,1-3H3. The summed E-state index contributed by atoms with van der Waals surface area (Å²) in [5, 5.41) is 0.629. The highest BCUT2D eigenvalue weighted by atomic mass is 35.5. The fourth-order valence-electron chi connectivity index (χ4n) is 1.48. The molecule has 0 heterocycles. The lowest BCUT2D eigenvalue weighted by molar-refractivity contribution is 0.0827. The second-order valence-electron chi connectivity index (χ2n) is 3.94. The van der Waals surface area contributed by atoms with Gasteiger partial charge in [-0.2, -0.15) is 0 Å². The number of ether oxygens (including phenoxy) is 1. The van der Waals surface area contributed by atoms with Crippen LogP contribution < -0.4 is 0 Å². The lowest BCUT2D eigenvalue weighted by Gasteiger charge is -2.15. The normalized spacial score (nSPS) is 11.1. The minimum absolute atomic E-state index is 0.200. The molecule has 0 radical (unpaired) electrons. The first-order chi connectivity index (χ1) is 7.54. The molecule has 4 heteroatoms. The molecule has 2 nitrogen and oxygen atoms in total. The third-order valence-electron chi connectivity index (χ3n) is 2.44. The summed E-state index contributed by atoms with van der Waals surface area (Å²) < 4.78 is 18.3. The summed E-state index contributed by atoms with van der Waals surface area (Å²) in [5.74, 6) is -0.200. The van der Waals surface area contributed by atoms with Gasteiger partial charge in [0.2, 0.25) is 0 Å². The Hall–Kier alpha value is -0.640. The first-order valence-corrected chi connectivity index (χ1v) is 5.54. The Kier molecular flexibility index (Phi) is 5.19. The van der Waals surface area contributed by atoms with Gasteiger partial charge in [0.05, 0.1) is 6.73 Å². The Balaban J connectivity index is 2.63. The summed E-state index contributed by atoms with van der Waals surface area (Å²) in [6.07, 6.45) is 0.718. The maximum absolute atomic E-state index is 13.3. The lowest BCUT2D eigenvalue weighted by atomic mass is 10.1. The number of nitrogens with zero attached hydrogens (tertiary/aromatic N) is 1. The summed E-state index contributed by atoms with van der Waals surface area (Å²) in [5.41, 5.74) is 1.42. The molecule has 0 aliphatic rings. The van der Waals surface area contributed by atoms with E-state index in [0.29, 0.717) is 17.3 Å². The minimum atomic E-state index is -0.200.